The van der Waals surface area contributed by atoms with E-state index in [0.717, 1.165) is 22.2 Å². The van der Waals surface area contributed by atoms with E-state index in [1.165, 1.54) is 19.2 Å². The molecule has 0 aliphatic carbocycles. The van der Waals surface area contributed by atoms with E-state index in [4.69, 9.17) is 14.2 Å². The molecule has 1 saturated heterocycles. The molecule has 3 aromatic rings. The zero-order chi connectivity index (χ0) is 29.5. The number of amides is 3. The molecule has 3 aromatic carbocycles. The first-order chi connectivity index (χ1) is 19.7. The highest BCUT2D eigenvalue weighted by molar-refractivity contribution is 9.10. The van der Waals surface area contributed by atoms with Gasteiger partial charge in [0.05, 0.1) is 23.5 Å². The molecule has 41 heavy (non-hydrogen) atoms. The summed E-state index contributed by atoms with van der Waals surface area (Å²) >= 11 is 4.22. The van der Waals surface area contributed by atoms with Crippen molar-refractivity contribution in [1.29, 1.82) is 0 Å². The Hall–Kier alpha value is -4.36. The molecule has 0 bridgehead atoms. The Labute approximate surface area is 247 Å². The van der Waals surface area contributed by atoms with Gasteiger partial charge in [0.1, 0.15) is 18.9 Å². The van der Waals surface area contributed by atoms with Gasteiger partial charge in [-0.3, -0.25) is 29.4 Å². The maximum atomic E-state index is 13.0. The maximum absolute atomic E-state index is 13.0. The minimum atomic E-state index is -0.590. The molecule has 0 unspecified atom stereocenters. The summed E-state index contributed by atoms with van der Waals surface area (Å²) in [5.41, 5.74) is 1.77. The molecule has 13 heteroatoms. The second-order valence-electron chi connectivity index (χ2n) is 8.51. The minimum absolute atomic E-state index is 0.0156. The van der Waals surface area contributed by atoms with Crippen LogP contribution in [-0.2, 0) is 16.2 Å². The Morgan fingerprint density at radius 3 is 2.39 bits per heavy atom. The van der Waals surface area contributed by atoms with Gasteiger partial charge < -0.3 is 19.5 Å². The smallest absolute Gasteiger partial charge is 0.294 e. The second kappa shape index (κ2) is 13.3. The van der Waals surface area contributed by atoms with Crippen LogP contribution in [0, 0.1) is 10.1 Å². The molecule has 0 saturated carbocycles. The van der Waals surface area contributed by atoms with Crippen LogP contribution in [0.15, 0.2) is 70.0 Å². The van der Waals surface area contributed by atoms with Crippen LogP contribution in [0.3, 0.4) is 0 Å². The Bertz CT molecular complexity index is 1510. The number of ether oxygens (including phenoxy) is 3. The molecule has 212 valence electrons. The fraction of sp³-hybridized carbons (Fsp3) is 0.179. The summed E-state index contributed by atoms with van der Waals surface area (Å²) in [5, 5.41) is 13.0. The lowest BCUT2D eigenvalue weighted by Gasteiger charge is -2.14. The van der Waals surface area contributed by atoms with Crippen molar-refractivity contribution in [3.05, 3.63) is 91.3 Å². The highest BCUT2D eigenvalue weighted by Gasteiger charge is 2.36. The predicted octanol–water partition coefficient (Wildman–Crippen LogP) is 6.02. The Balaban J connectivity index is 1.46. The first-order valence-corrected chi connectivity index (χ1v) is 13.8. The van der Waals surface area contributed by atoms with Crippen LogP contribution in [0.4, 0.5) is 16.2 Å². The van der Waals surface area contributed by atoms with Crippen LogP contribution in [0.1, 0.15) is 18.1 Å². The number of benzene rings is 3. The summed E-state index contributed by atoms with van der Waals surface area (Å²) in [6.07, 6.45) is 1.54. The zero-order valence-corrected chi connectivity index (χ0v) is 24.3. The molecule has 0 radical (unpaired) electrons. The van der Waals surface area contributed by atoms with Gasteiger partial charge in [0.25, 0.3) is 16.8 Å². The number of hydrogen-bond donors (Lipinski definition) is 1. The maximum Gasteiger partial charge on any atom is 0.294 e. The van der Waals surface area contributed by atoms with E-state index in [0.29, 0.717) is 39.6 Å². The second-order valence-corrected chi connectivity index (χ2v) is 10.4. The molecule has 11 nitrogen and oxygen atoms in total. The first-order valence-electron chi connectivity index (χ1n) is 12.2. The number of hydrogen-bond acceptors (Lipinski definition) is 9. The molecule has 0 aromatic heterocycles. The quantitative estimate of drug-likeness (QED) is 0.151. The Morgan fingerprint density at radius 1 is 1.07 bits per heavy atom. The van der Waals surface area contributed by atoms with Crippen molar-refractivity contribution >= 4 is 62.2 Å². The van der Waals surface area contributed by atoms with Gasteiger partial charge in [-0.05, 0) is 84.4 Å². The van der Waals surface area contributed by atoms with Crippen LogP contribution in [0.5, 0.6) is 17.2 Å². The number of nitrogens with zero attached hydrogens (tertiary/aromatic N) is 2. The van der Waals surface area contributed by atoms with E-state index in [9.17, 15) is 24.5 Å². The van der Waals surface area contributed by atoms with E-state index >= 15 is 0 Å². The third-order valence-corrected chi connectivity index (χ3v) is 7.33. The number of imide groups is 1. The summed E-state index contributed by atoms with van der Waals surface area (Å²) in [4.78, 5) is 49.5. The number of methoxy groups -OCH3 is 1. The third kappa shape index (κ3) is 7.44. The van der Waals surface area contributed by atoms with Crippen molar-refractivity contribution in [1.82, 2.24) is 4.90 Å². The van der Waals surface area contributed by atoms with Gasteiger partial charge in [0.2, 0.25) is 5.91 Å². The van der Waals surface area contributed by atoms with Gasteiger partial charge in [-0.15, -0.1) is 0 Å². The lowest BCUT2D eigenvalue weighted by molar-refractivity contribution is -0.384. The molecule has 1 aliphatic rings. The highest BCUT2D eigenvalue weighted by Crippen LogP contribution is 2.38. The van der Waals surface area contributed by atoms with Gasteiger partial charge >= 0.3 is 0 Å². The molecule has 1 aliphatic heterocycles. The standard InChI is InChI=1S/C28H24BrN3O8S/c1-3-39-23-12-18(22(29)14-24(23)40-16-17-4-8-20(9-5-17)32(36)37)13-25-27(34)31(28(35)41-25)15-26(33)30-19-6-10-21(38-2)11-7-19/h4-14H,3,15-16H2,1-2H3,(H,30,33)/b25-13+. The number of carbonyl (C=O) groups is 3. The number of anilines is 1. The van der Waals surface area contributed by atoms with Crippen LogP contribution < -0.4 is 19.5 Å². The summed E-state index contributed by atoms with van der Waals surface area (Å²) in [6.45, 7) is 1.86. The molecule has 0 spiro atoms. The summed E-state index contributed by atoms with van der Waals surface area (Å²) in [6, 6.07) is 16.0. The van der Waals surface area contributed by atoms with Gasteiger partial charge in [-0.25, -0.2) is 0 Å². The van der Waals surface area contributed by atoms with Crippen LogP contribution >= 0.6 is 27.7 Å². The molecule has 1 N–H and O–H groups in total. The first kappa shape index (κ1) is 29.6. The van der Waals surface area contributed by atoms with Crippen molar-refractivity contribution in [3.63, 3.8) is 0 Å². The highest BCUT2D eigenvalue weighted by atomic mass is 79.9. The van der Waals surface area contributed by atoms with Crippen molar-refractivity contribution in [2.24, 2.45) is 0 Å². The van der Waals surface area contributed by atoms with E-state index in [2.05, 4.69) is 21.2 Å². The van der Waals surface area contributed by atoms with E-state index in [1.54, 1.807) is 54.6 Å². The lowest BCUT2D eigenvalue weighted by Crippen LogP contribution is -2.36. The normalized spacial score (nSPS) is 13.8. The zero-order valence-electron chi connectivity index (χ0n) is 21.9. The molecule has 1 fully saturated rings. The van der Waals surface area contributed by atoms with Crippen LogP contribution in [0.2, 0.25) is 0 Å². The van der Waals surface area contributed by atoms with Crippen molar-refractivity contribution in [3.8, 4) is 17.2 Å². The van der Waals surface area contributed by atoms with Gasteiger partial charge in [0, 0.05) is 22.3 Å². The largest absolute Gasteiger partial charge is 0.497 e. The molecule has 4 rings (SSSR count). The fourth-order valence-corrected chi connectivity index (χ4v) is 4.98. The molecule has 0 atom stereocenters. The molecular weight excluding hydrogens is 618 g/mol. The van der Waals surface area contributed by atoms with E-state index in [-0.39, 0.29) is 17.2 Å². The monoisotopic (exact) mass is 641 g/mol. The number of rotatable bonds is 11. The summed E-state index contributed by atoms with van der Waals surface area (Å²) in [7, 11) is 1.53. The molecular formula is C28H24BrN3O8S. The topological polar surface area (TPSA) is 137 Å². The Morgan fingerprint density at radius 2 is 1.76 bits per heavy atom. The number of halogens is 1. The van der Waals surface area contributed by atoms with Gasteiger partial charge in [0.15, 0.2) is 11.5 Å². The minimum Gasteiger partial charge on any atom is -0.497 e. The fourth-order valence-electron chi connectivity index (χ4n) is 3.71. The summed E-state index contributed by atoms with van der Waals surface area (Å²) in [5.74, 6) is 0.336. The SMILES string of the molecule is CCOc1cc(/C=C2/SC(=O)N(CC(=O)Nc3ccc(OC)cc3)C2=O)c(Br)cc1OCc1ccc([N+](=O)[O-])cc1. The Kier molecular flexibility index (Phi) is 9.63. The molecule has 3 amide bonds. The number of thioether (sulfide) groups is 1. The number of nitro benzene ring substituents is 1. The third-order valence-electron chi connectivity index (χ3n) is 5.74. The van der Waals surface area contributed by atoms with E-state index in [1.807, 2.05) is 6.92 Å². The van der Waals surface area contributed by atoms with Gasteiger partial charge in [-0.2, -0.15) is 0 Å². The number of nitro groups is 1. The summed E-state index contributed by atoms with van der Waals surface area (Å²) < 4.78 is 17.3. The predicted molar refractivity (Wildman–Crippen MR) is 157 cm³/mol. The van der Waals surface area contributed by atoms with Crippen molar-refractivity contribution in [2.75, 3.05) is 25.6 Å². The average Bonchev–Trinajstić information content (AvgIpc) is 3.21. The van der Waals surface area contributed by atoms with Crippen molar-refractivity contribution < 1.29 is 33.5 Å². The number of nitrogens with one attached hydrogen (secondary N) is 1. The van der Waals surface area contributed by atoms with Crippen molar-refractivity contribution in [2.45, 2.75) is 13.5 Å². The van der Waals surface area contributed by atoms with E-state index < -0.39 is 28.5 Å². The van der Waals surface area contributed by atoms with Gasteiger partial charge in [-0.1, -0.05) is 15.9 Å². The van der Waals surface area contributed by atoms with Crippen LogP contribution in [-0.4, -0.2) is 47.1 Å². The average molecular weight is 642 g/mol. The number of carbonyl (C=O) groups excluding carboxylic acids is 3. The molecule has 1 heterocycles. The lowest BCUT2D eigenvalue weighted by atomic mass is 10.1. The number of non-ortho nitro benzene ring substituents is 1. The van der Waals surface area contributed by atoms with Crippen LogP contribution in [0.25, 0.3) is 6.08 Å².